The highest BCUT2D eigenvalue weighted by Crippen LogP contribution is 2.34. The van der Waals surface area contributed by atoms with Crippen molar-refractivity contribution >= 4 is 5.97 Å². The number of likely N-dealkylation sites (tertiary alicyclic amines) is 1. The molecule has 0 radical (unpaired) electrons. The van der Waals surface area contributed by atoms with Gasteiger partial charge in [0.25, 0.3) is 0 Å². The maximum atomic E-state index is 11.2. The fraction of sp³-hybridized carbons (Fsp3) is 0.583. The van der Waals surface area contributed by atoms with Gasteiger partial charge in [-0.2, -0.15) is 0 Å². The van der Waals surface area contributed by atoms with Crippen LogP contribution >= 0.6 is 0 Å². The standard InChI is InChI=1S/C12H17N3O2/c1-15-8-12(9-15,11(16)17)4-2-3-10-7-13-5-6-14-10/h5-7H,2-4,8-9H2,1H3,(H,16,17). The predicted molar refractivity (Wildman–Crippen MR) is 62.5 cm³/mol. The summed E-state index contributed by atoms with van der Waals surface area (Å²) in [7, 11) is 1.95. The maximum Gasteiger partial charge on any atom is 0.312 e. The number of aromatic nitrogens is 2. The molecule has 1 aromatic rings. The van der Waals surface area contributed by atoms with Crippen molar-refractivity contribution in [2.24, 2.45) is 5.41 Å². The molecule has 5 heteroatoms. The van der Waals surface area contributed by atoms with Crippen molar-refractivity contribution in [1.82, 2.24) is 14.9 Å². The summed E-state index contributed by atoms with van der Waals surface area (Å²) in [6.45, 7) is 1.31. The molecule has 0 unspecified atom stereocenters. The highest BCUT2D eigenvalue weighted by molar-refractivity contribution is 5.76. The lowest BCUT2D eigenvalue weighted by Gasteiger charge is -2.45. The number of nitrogens with zero attached hydrogens (tertiary/aromatic N) is 3. The predicted octanol–water partition coefficient (Wildman–Crippen LogP) is 0.816. The van der Waals surface area contributed by atoms with Gasteiger partial charge in [0.15, 0.2) is 0 Å². The third kappa shape index (κ3) is 2.61. The first-order valence-corrected chi connectivity index (χ1v) is 5.79. The van der Waals surface area contributed by atoms with Crippen molar-refractivity contribution in [3.63, 3.8) is 0 Å². The zero-order valence-corrected chi connectivity index (χ0v) is 9.96. The number of hydrogen-bond acceptors (Lipinski definition) is 4. The number of hydrogen-bond donors (Lipinski definition) is 1. The first kappa shape index (κ1) is 12.0. The number of carbonyl (C=O) groups is 1. The van der Waals surface area contributed by atoms with E-state index in [-0.39, 0.29) is 0 Å². The minimum Gasteiger partial charge on any atom is -0.481 e. The summed E-state index contributed by atoms with van der Waals surface area (Å²) in [4.78, 5) is 21.5. The van der Waals surface area contributed by atoms with Gasteiger partial charge in [-0.15, -0.1) is 0 Å². The van der Waals surface area contributed by atoms with Crippen LogP contribution in [0.3, 0.4) is 0 Å². The minimum absolute atomic E-state index is 0.531. The van der Waals surface area contributed by atoms with Crippen molar-refractivity contribution in [3.8, 4) is 0 Å². The Bertz CT molecular complexity index is 388. The van der Waals surface area contributed by atoms with E-state index < -0.39 is 11.4 Å². The molecule has 0 aromatic carbocycles. The molecule has 1 aromatic heterocycles. The van der Waals surface area contributed by atoms with Crippen molar-refractivity contribution < 1.29 is 9.90 Å². The van der Waals surface area contributed by atoms with E-state index in [1.807, 2.05) is 11.9 Å². The Balaban J connectivity index is 1.83. The Morgan fingerprint density at radius 1 is 1.53 bits per heavy atom. The van der Waals surface area contributed by atoms with Crippen molar-refractivity contribution in [1.29, 1.82) is 0 Å². The van der Waals surface area contributed by atoms with Crippen LogP contribution in [0.5, 0.6) is 0 Å². The van der Waals surface area contributed by atoms with Gasteiger partial charge in [-0.1, -0.05) is 0 Å². The van der Waals surface area contributed by atoms with Crippen LogP contribution in [-0.4, -0.2) is 46.1 Å². The van der Waals surface area contributed by atoms with Crippen LogP contribution in [-0.2, 0) is 11.2 Å². The third-order valence-electron chi connectivity index (χ3n) is 3.30. The molecular weight excluding hydrogens is 218 g/mol. The second-order valence-electron chi connectivity index (χ2n) is 4.81. The van der Waals surface area contributed by atoms with Crippen molar-refractivity contribution in [3.05, 3.63) is 24.3 Å². The van der Waals surface area contributed by atoms with E-state index >= 15 is 0 Å². The summed E-state index contributed by atoms with van der Waals surface area (Å²) in [5, 5.41) is 9.24. The molecular formula is C12H17N3O2. The average Bonchev–Trinajstić information content (AvgIpc) is 2.27. The number of carboxylic acid groups (broad SMARTS) is 1. The van der Waals surface area contributed by atoms with Gasteiger partial charge < -0.3 is 10.0 Å². The van der Waals surface area contributed by atoms with Crippen LogP contribution in [0.25, 0.3) is 0 Å². The largest absolute Gasteiger partial charge is 0.481 e. The SMILES string of the molecule is CN1CC(CCCc2cnccn2)(C(=O)O)C1. The Kier molecular flexibility index (Phi) is 3.38. The monoisotopic (exact) mass is 235 g/mol. The number of aryl methyl sites for hydroxylation is 1. The van der Waals surface area contributed by atoms with E-state index in [0.29, 0.717) is 19.5 Å². The minimum atomic E-state index is -0.672. The summed E-state index contributed by atoms with van der Waals surface area (Å²) in [5.41, 5.74) is 0.400. The van der Waals surface area contributed by atoms with Crippen LogP contribution in [0.2, 0.25) is 0 Å². The molecule has 0 saturated carbocycles. The Labute approximate surface area is 100 Å². The first-order valence-electron chi connectivity index (χ1n) is 5.79. The van der Waals surface area contributed by atoms with Crippen LogP contribution in [0.15, 0.2) is 18.6 Å². The van der Waals surface area contributed by atoms with E-state index in [2.05, 4.69) is 9.97 Å². The lowest BCUT2D eigenvalue weighted by Crippen LogP contribution is -2.58. The number of carboxylic acids is 1. The quantitative estimate of drug-likeness (QED) is 0.818. The molecule has 17 heavy (non-hydrogen) atoms. The summed E-state index contributed by atoms with van der Waals surface area (Å²) in [6, 6.07) is 0. The molecule has 92 valence electrons. The fourth-order valence-electron chi connectivity index (χ4n) is 2.45. The summed E-state index contributed by atoms with van der Waals surface area (Å²) in [5.74, 6) is -0.672. The van der Waals surface area contributed by atoms with Gasteiger partial charge in [0, 0.05) is 31.7 Å². The zero-order valence-electron chi connectivity index (χ0n) is 9.96. The van der Waals surface area contributed by atoms with Gasteiger partial charge in [0.2, 0.25) is 0 Å². The number of aliphatic carboxylic acids is 1. The van der Waals surface area contributed by atoms with Crippen LogP contribution in [0.1, 0.15) is 18.5 Å². The molecule has 5 nitrogen and oxygen atoms in total. The Hall–Kier alpha value is -1.49. The topological polar surface area (TPSA) is 66.3 Å². The second kappa shape index (κ2) is 4.79. The average molecular weight is 235 g/mol. The van der Waals surface area contributed by atoms with Crippen molar-refractivity contribution in [2.45, 2.75) is 19.3 Å². The third-order valence-corrected chi connectivity index (χ3v) is 3.30. The fourth-order valence-corrected chi connectivity index (χ4v) is 2.45. The highest BCUT2D eigenvalue weighted by Gasteiger charge is 2.47. The summed E-state index contributed by atoms with van der Waals surface area (Å²) < 4.78 is 0. The van der Waals surface area contributed by atoms with E-state index in [1.165, 1.54) is 0 Å². The Morgan fingerprint density at radius 3 is 2.82 bits per heavy atom. The Morgan fingerprint density at radius 2 is 2.29 bits per heavy atom. The molecule has 0 aliphatic carbocycles. The van der Waals surface area contributed by atoms with Crippen molar-refractivity contribution in [2.75, 3.05) is 20.1 Å². The van der Waals surface area contributed by atoms with Crippen LogP contribution < -0.4 is 0 Å². The molecule has 2 heterocycles. The molecule has 0 atom stereocenters. The van der Waals surface area contributed by atoms with Gasteiger partial charge in [-0.3, -0.25) is 14.8 Å². The van der Waals surface area contributed by atoms with E-state index in [9.17, 15) is 9.90 Å². The smallest absolute Gasteiger partial charge is 0.312 e. The van der Waals surface area contributed by atoms with E-state index in [4.69, 9.17) is 0 Å². The molecule has 1 aliphatic heterocycles. The highest BCUT2D eigenvalue weighted by atomic mass is 16.4. The van der Waals surface area contributed by atoms with Gasteiger partial charge >= 0.3 is 5.97 Å². The molecule has 1 fully saturated rings. The lowest BCUT2D eigenvalue weighted by atomic mass is 9.76. The van der Waals surface area contributed by atoms with Gasteiger partial charge in [-0.25, -0.2) is 0 Å². The molecule has 0 bridgehead atoms. The first-order chi connectivity index (χ1) is 8.12. The molecule has 1 N–H and O–H groups in total. The molecule has 1 aliphatic rings. The summed E-state index contributed by atoms with van der Waals surface area (Å²) in [6.07, 6.45) is 7.40. The second-order valence-corrected chi connectivity index (χ2v) is 4.81. The molecule has 0 amide bonds. The van der Waals surface area contributed by atoms with Crippen LogP contribution in [0, 0.1) is 5.41 Å². The lowest BCUT2D eigenvalue weighted by molar-refractivity contribution is -0.160. The normalized spacial score (nSPS) is 18.6. The number of rotatable bonds is 5. The zero-order chi connectivity index (χ0) is 12.3. The molecule has 1 saturated heterocycles. The van der Waals surface area contributed by atoms with Crippen LogP contribution in [0.4, 0.5) is 0 Å². The van der Waals surface area contributed by atoms with Gasteiger partial charge in [0.1, 0.15) is 0 Å². The van der Waals surface area contributed by atoms with Gasteiger partial charge in [-0.05, 0) is 26.3 Å². The summed E-state index contributed by atoms with van der Waals surface area (Å²) >= 11 is 0. The van der Waals surface area contributed by atoms with Gasteiger partial charge in [0.05, 0.1) is 11.1 Å². The molecule has 2 rings (SSSR count). The van der Waals surface area contributed by atoms with E-state index in [1.54, 1.807) is 18.6 Å². The maximum absolute atomic E-state index is 11.2. The van der Waals surface area contributed by atoms with E-state index in [0.717, 1.165) is 18.5 Å². The molecule has 0 spiro atoms.